The van der Waals surface area contributed by atoms with Crippen LogP contribution in [-0.4, -0.2) is 76.2 Å². The Balaban J connectivity index is 1.92. The van der Waals surface area contributed by atoms with Crippen LogP contribution in [0, 0.1) is 5.41 Å². The van der Waals surface area contributed by atoms with Gasteiger partial charge in [0.15, 0.2) is 0 Å². The van der Waals surface area contributed by atoms with Crippen LogP contribution in [0.15, 0.2) is 42.0 Å². The molecule has 14 heteroatoms. The number of aliphatic carboxylic acids is 2. The molecule has 3 rings (SSSR count). The number of rotatable bonds is 12. The Morgan fingerprint density at radius 1 is 1.09 bits per heavy atom. The minimum Gasteiger partial charge on any atom is -0.507 e. The van der Waals surface area contributed by atoms with Crippen LogP contribution in [0.5, 0.6) is 11.5 Å². The number of amidine groups is 1. The van der Waals surface area contributed by atoms with Gasteiger partial charge in [-0.3, -0.25) is 24.7 Å². The molecule has 0 aromatic heterocycles. The molecule has 0 saturated carbocycles. The van der Waals surface area contributed by atoms with E-state index in [-0.39, 0.29) is 35.9 Å². The number of alkyl halides is 3. The first-order chi connectivity index (χ1) is 20.1. The molecule has 11 nitrogen and oxygen atoms in total. The number of nitrogens with one attached hydrogen (secondary N) is 1. The Kier molecular flexibility index (Phi) is 10.8. The molecule has 0 aliphatic carbocycles. The summed E-state index contributed by atoms with van der Waals surface area (Å²) in [6.45, 7) is 1.87. The molecule has 6 N–H and O–H groups in total. The molecular formula is C29H33F3N4O7. The summed E-state index contributed by atoms with van der Waals surface area (Å²) >= 11 is 0. The van der Waals surface area contributed by atoms with E-state index in [4.69, 9.17) is 26.1 Å². The number of amides is 1. The number of nitrogen functional groups attached to an aromatic ring is 1. The van der Waals surface area contributed by atoms with Gasteiger partial charge in [0, 0.05) is 42.9 Å². The van der Waals surface area contributed by atoms with Crippen molar-refractivity contribution in [3.05, 3.63) is 58.7 Å². The molecule has 1 saturated heterocycles. The van der Waals surface area contributed by atoms with Gasteiger partial charge in [-0.1, -0.05) is 11.6 Å². The highest BCUT2D eigenvalue weighted by Crippen LogP contribution is 2.40. The largest absolute Gasteiger partial charge is 0.507 e. The van der Waals surface area contributed by atoms with Crippen LogP contribution in [0.4, 0.5) is 18.9 Å². The number of carbonyl (C=O) groups excluding carboxylic acids is 1. The predicted molar refractivity (Wildman–Crippen MR) is 151 cm³/mol. The van der Waals surface area contributed by atoms with Crippen LogP contribution in [0.3, 0.4) is 0 Å². The van der Waals surface area contributed by atoms with Crippen LogP contribution in [0.2, 0.25) is 0 Å². The molecule has 0 unspecified atom stereocenters. The lowest BCUT2D eigenvalue weighted by atomic mass is 10.1. The third-order valence-electron chi connectivity index (χ3n) is 6.77. The van der Waals surface area contributed by atoms with Gasteiger partial charge in [-0.15, -0.1) is 0 Å². The van der Waals surface area contributed by atoms with E-state index in [1.165, 1.54) is 30.3 Å². The summed E-state index contributed by atoms with van der Waals surface area (Å²) in [6.07, 6.45) is -4.29. The first-order valence-electron chi connectivity index (χ1n) is 13.3. The van der Waals surface area contributed by atoms with Gasteiger partial charge in [0.2, 0.25) is 5.91 Å². The summed E-state index contributed by atoms with van der Waals surface area (Å²) in [5.41, 5.74) is 5.27. The van der Waals surface area contributed by atoms with Crippen LogP contribution in [0.1, 0.15) is 49.3 Å². The molecule has 232 valence electrons. The van der Waals surface area contributed by atoms with Gasteiger partial charge >= 0.3 is 18.1 Å². The summed E-state index contributed by atoms with van der Waals surface area (Å²) in [6, 6.07) is 7.38. The van der Waals surface area contributed by atoms with Crippen LogP contribution in [-0.2, 0) is 20.6 Å². The lowest BCUT2D eigenvalue weighted by Gasteiger charge is -2.32. The van der Waals surface area contributed by atoms with Crippen molar-refractivity contribution in [3.8, 4) is 11.5 Å². The third-order valence-corrected chi connectivity index (χ3v) is 6.77. The maximum atomic E-state index is 14.2. The van der Waals surface area contributed by atoms with E-state index in [2.05, 4.69) is 0 Å². The maximum Gasteiger partial charge on any atom is 0.420 e. The second kappa shape index (κ2) is 14.1. The quantitative estimate of drug-likeness (QED) is 0.177. The number of phenols is 1. The van der Waals surface area contributed by atoms with Crippen LogP contribution >= 0.6 is 0 Å². The molecule has 0 radical (unpaired) electrons. The van der Waals surface area contributed by atoms with Gasteiger partial charge < -0.3 is 30.7 Å². The van der Waals surface area contributed by atoms with Crippen molar-refractivity contribution in [3.63, 3.8) is 0 Å². The van der Waals surface area contributed by atoms with Gasteiger partial charge in [-0.05, 0) is 56.2 Å². The van der Waals surface area contributed by atoms with Gasteiger partial charge in [-0.2, -0.15) is 13.2 Å². The highest BCUT2D eigenvalue weighted by atomic mass is 19.4. The number of piperidine rings is 1. The molecule has 0 bridgehead atoms. The Morgan fingerprint density at radius 3 is 2.35 bits per heavy atom. The Labute approximate surface area is 245 Å². The van der Waals surface area contributed by atoms with E-state index < -0.39 is 54.3 Å². The predicted octanol–water partition coefficient (Wildman–Crippen LogP) is 3.92. The van der Waals surface area contributed by atoms with E-state index in [1.54, 1.807) is 11.8 Å². The summed E-state index contributed by atoms with van der Waals surface area (Å²) < 4.78 is 48.3. The number of nitrogens with zero attached hydrogens (tertiary/aromatic N) is 2. The number of aromatic hydroxyl groups is 1. The van der Waals surface area contributed by atoms with Crippen LogP contribution < -0.4 is 15.4 Å². The molecule has 1 aliphatic heterocycles. The molecule has 43 heavy (non-hydrogen) atoms. The molecule has 2 aromatic rings. The smallest absolute Gasteiger partial charge is 0.420 e. The van der Waals surface area contributed by atoms with E-state index in [0.717, 1.165) is 17.0 Å². The number of carboxylic acid groups (broad SMARTS) is 2. The number of hydrogen-bond acceptors (Lipinski definition) is 7. The van der Waals surface area contributed by atoms with Gasteiger partial charge in [0.05, 0.1) is 18.5 Å². The SMILES string of the molecule is CC(=Cc1cc(C(=N)N)ccc1O)CN(C(=O)CCC(=O)O)c1ccc(OC2CCN(CC(=O)O)CC2)c(C(F)(F)F)c1. The maximum absolute atomic E-state index is 14.2. The highest BCUT2D eigenvalue weighted by Gasteiger charge is 2.36. The van der Waals surface area contributed by atoms with E-state index >= 15 is 0 Å². The number of halogens is 3. The van der Waals surface area contributed by atoms with Crippen molar-refractivity contribution >= 4 is 35.4 Å². The number of phenolic OH excluding ortho intramolecular Hbond substituents is 1. The number of benzene rings is 2. The number of carbonyl (C=O) groups is 3. The van der Waals surface area contributed by atoms with E-state index in [9.17, 15) is 32.7 Å². The summed E-state index contributed by atoms with van der Waals surface area (Å²) in [5.74, 6) is -3.81. The van der Waals surface area contributed by atoms with Crippen molar-refractivity contribution in [2.45, 2.75) is 44.9 Å². The Hall–Kier alpha value is -4.59. The van der Waals surface area contributed by atoms with Gasteiger partial charge in [0.1, 0.15) is 23.4 Å². The Morgan fingerprint density at radius 2 is 1.77 bits per heavy atom. The van der Waals surface area contributed by atoms with E-state index in [1.807, 2.05) is 0 Å². The molecule has 1 heterocycles. The first-order valence-corrected chi connectivity index (χ1v) is 13.3. The average Bonchev–Trinajstić information content (AvgIpc) is 2.92. The van der Waals surface area contributed by atoms with E-state index in [0.29, 0.717) is 37.1 Å². The minimum absolute atomic E-state index is 0.138. The molecular weight excluding hydrogens is 573 g/mol. The molecule has 0 spiro atoms. The first kappa shape index (κ1) is 32.9. The van der Waals surface area contributed by atoms with Crippen LogP contribution in [0.25, 0.3) is 6.08 Å². The molecule has 1 aliphatic rings. The fourth-order valence-electron chi connectivity index (χ4n) is 4.64. The number of anilines is 1. The lowest BCUT2D eigenvalue weighted by Crippen LogP contribution is -2.41. The lowest BCUT2D eigenvalue weighted by molar-refractivity contribution is -0.141. The number of hydrogen-bond donors (Lipinski definition) is 5. The molecule has 2 aromatic carbocycles. The van der Waals surface area contributed by atoms with Gasteiger partial charge in [0.25, 0.3) is 0 Å². The number of ether oxygens (including phenoxy) is 1. The zero-order chi connectivity index (χ0) is 31.9. The zero-order valence-electron chi connectivity index (χ0n) is 23.4. The minimum atomic E-state index is -4.85. The molecule has 1 fully saturated rings. The van der Waals surface area contributed by atoms with Gasteiger partial charge in [-0.25, -0.2) is 0 Å². The van der Waals surface area contributed by atoms with Crippen molar-refractivity contribution in [1.82, 2.24) is 4.90 Å². The fourth-order valence-corrected chi connectivity index (χ4v) is 4.64. The topological polar surface area (TPSA) is 177 Å². The monoisotopic (exact) mass is 606 g/mol. The van der Waals surface area contributed by atoms with Crippen molar-refractivity contribution in [2.24, 2.45) is 5.73 Å². The summed E-state index contributed by atoms with van der Waals surface area (Å²) in [4.78, 5) is 37.8. The van der Waals surface area contributed by atoms with Crippen molar-refractivity contribution < 1.29 is 47.6 Å². The van der Waals surface area contributed by atoms with Crippen molar-refractivity contribution in [2.75, 3.05) is 31.1 Å². The highest BCUT2D eigenvalue weighted by molar-refractivity contribution is 5.96. The number of likely N-dealkylation sites (tertiary alicyclic amines) is 1. The number of carboxylic acids is 2. The van der Waals surface area contributed by atoms with Crippen molar-refractivity contribution in [1.29, 1.82) is 5.41 Å². The standard InChI is InChI=1S/C29H33F3N4O7/c1-17(12-19-13-18(28(33)34)2-4-23(19)37)15-36(25(38)6-7-26(39)40)20-3-5-24(22(14-20)29(30,31)32)43-21-8-10-35(11-9-21)16-27(41)42/h2-5,12-14,21,37H,6-11,15-16H2,1H3,(H3,33,34)(H,39,40)(H,41,42). The third kappa shape index (κ3) is 9.46. The zero-order valence-corrected chi connectivity index (χ0v) is 23.4. The fraction of sp³-hybridized carbons (Fsp3) is 0.379. The average molecular weight is 607 g/mol. The Bertz CT molecular complexity index is 1400. The normalized spacial score (nSPS) is 14.7. The molecule has 1 amide bonds. The summed E-state index contributed by atoms with van der Waals surface area (Å²) in [7, 11) is 0. The second-order valence-electron chi connectivity index (χ2n) is 10.2. The number of nitrogens with two attached hydrogens (primary N) is 1. The molecule has 0 atom stereocenters. The summed E-state index contributed by atoms with van der Waals surface area (Å²) in [5, 5.41) is 35.9. The second-order valence-corrected chi connectivity index (χ2v) is 10.2.